The number of nitrogens with one attached hydrogen (secondary N) is 3. The minimum Gasteiger partial charge on any atom is -0.465 e. The molecule has 2 aromatic rings. The zero-order valence-electron chi connectivity index (χ0n) is 16.9. The first-order valence-corrected chi connectivity index (χ1v) is 10.4. The van der Waals surface area contributed by atoms with Crippen molar-refractivity contribution in [3.63, 3.8) is 0 Å². The molecule has 4 aliphatic rings. The van der Waals surface area contributed by atoms with Crippen LogP contribution >= 0.6 is 0 Å². The maximum Gasteiger partial charge on any atom is 0.255 e. The molecule has 2 bridgehead atoms. The van der Waals surface area contributed by atoms with E-state index in [0.717, 1.165) is 42.9 Å². The van der Waals surface area contributed by atoms with Gasteiger partial charge in [-0.2, -0.15) is 0 Å². The van der Waals surface area contributed by atoms with E-state index in [1.807, 2.05) is 43.3 Å². The number of benzene rings is 1. The van der Waals surface area contributed by atoms with Crippen LogP contribution in [0.2, 0.25) is 0 Å². The van der Waals surface area contributed by atoms with Crippen molar-refractivity contribution in [1.82, 2.24) is 10.6 Å². The fourth-order valence-corrected chi connectivity index (χ4v) is 5.73. The van der Waals surface area contributed by atoms with Crippen LogP contribution in [0.25, 0.3) is 0 Å². The zero-order valence-corrected chi connectivity index (χ0v) is 16.9. The number of para-hydroxylation sites is 1. The molecule has 6 nitrogen and oxygen atoms in total. The van der Waals surface area contributed by atoms with Crippen LogP contribution in [0.3, 0.4) is 0 Å². The number of furan rings is 1. The molecule has 1 aromatic heterocycles. The molecule has 6 rings (SSSR count). The van der Waals surface area contributed by atoms with E-state index in [0.29, 0.717) is 12.1 Å². The number of fused-ring (bicyclic) bond motifs is 3. The van der Waals surface area contributed by atoms with E-state index in [9.17, 15) is 9.59 Å². The summed E-state index contributed by atoms with van der Waals surface area (Å²) in [6.07, 6.45) is 3.53. The summed E-state index contributed by atoms with van der Waals surface area (Å²) in [5.41, 5.74) is 0.951. The highest BCUT2D eigenvalue weighted by Gasteiger charge is 2.60. The lowest BCUT2D eigenvalue weighted by atomic mass is 9.51. The largest absolute Gasteiger partial charge is 0.465 e. The SMILES string of the molecule is Cc1ccc(CNC(=O)C2CC3CCC2(C)CC32NC(=O)c3ccccc3N2)o1. The van der Waals surface area contributed by atoms with Gasteiger partial charge in [0.2, 0.25) is 5.91 Å². The van der Waals surface area contributed by atoms with Gasteiger partial charge < -0.3 is 20.4 Å². The van der Waals surface area contributed by atoms with E-state index in [2.05, 4.69) is 22.9 Å². The van der Waals surface area contributed by atoms with Gasteiger partial charge in [0.1, 0.15) is 17.2 Å². The van der Waals surface area contributed by atoms with E-state index in [1.165, 1.54) is 0 Å². The van der Waals surface area contributed by atoms with Crippen LogP contribution in [0.15, 0.2) is 40.8 Å². The lowest BCUT2D eigenvalue weighted by molar-refractivity contribution is -0.139. The normalized spacial score (nSPS) is 32.4. The van der Waals surface area contributed by atoms with Gasteiger partial charge in [-0.15, -0.1) is 0 Å². The number of aryl methyl sites for hydroxylation is 1. The molecule has 1 spiro atoms. The van der Waals surface area contributed by atoms with Crippen LogP contribution < -0.4 is 16.0 Å². The van der Waals surface area contributed by atoms with Crippen LogP contribution in [0.1, 0.15) is 54.5 Å². The Morgan fingerprint density at radius 3 is 2.83 bits per heavy atom. The molecule has 3 N–H and O–H groups in total. The summed E-state index contributed by atoms with van der Waals surface area (Å²) in [7, 11) is 0. The molecule has 1 aliphatic heterocycles. The summed E-state index contributed by atoms with van der Waals surface area (Å²) < 4.78 is 5.57. The molecule has 29 heavy (non-hydrogen) atoms. The third-order valence-corrected chi connectivity index (χ3v) is 7.22. The Hall–Kier alpha value is -2.76. The Morgan fingerprint density at radius 2 is 2.07 bits per heavy atom. The second-order valence-corrected chi connectivity index (χ2v) is 9.18. The van der Waals surface area contributed by atoms with E-state index in [4.69, 9.17) is 4.42 Å². The molecule has 4 atom stereocenters. The lowest BCUT2D eigenvalue weighted by Crippen LogP contribution is -2.70. The fraction of sp³-hybridized carbons (Fsp3) is 0.478. The summed E-state index contributed by atoms with van der Waals surface area (Å²) in [6, 6.07) is 11.5. The van der Waals surface area contributed by atoms with Crippen molar-refractivity contribution in [1.29, 1.82) is 0 Å². The maximum atomic E-state index is 13.0. The Bertz CT molecular complexity index is 983. The second kappa shape index (κ2) is 6.37. The molecule has 2 amide bonds. The molecular formula is C23H27N3O3. The number of hydrogen-bond acceptors (Lipinski definition) is 4. The number of amides is 2. The molecule has 3 aliphatic carbocycles. The number of carbonyl (C=O) groups excluding carboxylic acids is 2. The lowest BCUT2D eigenvalue weighted by Gasteiger charge is -2.60. The van der Waals surface area contributed by atoms with Crippen LogP contribution in [-0.4, -0.2) is 17.5 Å². The number of carbonyl (C=O) groups is 2. The molecular weight excluding hydrogens is 366 g/mol. The van der Waals surface area contributed by atoms with Gasteiger partial charge in [0.15, 0.2) is 0 Å². The minimum atomic E-state index is -0.465. The average molecular weight is 393 g/mol. The predicted octanol–water partition coefficient (Wildman–Crippen LogP) is 3.58. The zero-order chi connectivity index (χ0) is 20.2. The minimum absolute atomic E-state index is 0.0234. The third-order valence-electron chi connectivity index (χ3n) is 7.22. The Morgan fingerprint density at radius 1 is 1.24 bits per heavy atom. The van der Waals surface area contributed by atoms with Gasteiger partial charge in [0.25, 0.3) is 5.91 Å². The first-order chi connectivity index (χ1) is 13.9. The fourth-order valence-electron chi connectivity index (χ4n) is 5.73. The second-order valence-electron chi connectivity index (χ2n) is 9.18. The summed E-state index contributed by atoms with van der Waals surface area (Å²) in [6.45, 7) is 4.51. The molecule has 0 saturated heterocycles. The smallest absolute Gasteiger partial charge is 0.255 e. The average Bonchev–Trinajstić information content (AvgIpc) is 3.11. The van der Waals surface area contributed by atoms with Crippen molar-refractivity contribution >= 4 is 17.5 Å². The highest BCUT2D eigenvalue weighted by Crippen LogP contribution is 2.58. The van der Waals surface area contributed by atoms with E-state index in [-0.39, 0.29) is 29.1 Å². The van der Waals surface area contributed by atoms with Gasteiger partial charge >= 0.3 is 0 Å². The third kappa shape index (κ3) is 2.93. The molecule has 6 heteroatoms. The van der Waals surface area contributed by atoms with Crippen molar-refractivity contribution in [3.05, 3.63) is 53.5 Å². The molecule has 152 valence electrons. The summed E-state index contributed by atoms with van der Waals surface area (Å²) in [5.74, 6) is 1.85. The van der Waals surface area contributed by atoms with Gasteiger partial charge in [-0.25, -0.2) is 0 Å². The number of rotatable bonds is 3. The quantitative estimate of drug-likeness (QED) is 0.744. The first-order valence-electron chi connectivity index (χ1n) is 10.4. The highest BCUT2D eigenvalue weighted by atomic mass is 16.3. The van der Waals surface area contributed by atoms with Crippen molar-refractivity contribution < 1.29 is 14.0 Å². The van der Waals surface area contributed by atoms with E-state index in [1.54, 1.807) is 0 Å². The molecule has 3 fully saturated rings. The van der Waals surface area contributed by atoms with Crippen LogP contribution in [0.4, 0.5) is 5.69 Å². The Labute approximate surface area is 170 Å². The molecule has 4 unspecified atom stereocenters. The maximum absolute atomic E-state index is 13.0. The van der Waals surface area contributed by atoms with Crippen LogP contribution in [-0.2, 0) is 11.3 Å². The van der Waals surface area contributed by atoms with Gasteiger partial charge in [0.05, 0.1) is 12.1 Å². The Kier molecular flexibility index (Phi) is 4.02. The van der Waals surface area contributed by atoms with Crippen molar-refractivity contribution in [3.8, 4) is 0 Å². The highest BCUT2D eigenvalue weighted by molar-refractivity contribution is 6.02. The van der Waals surface area contributed by atoms with Gasteiger partial charge in [-0.3, -0.25) is 9.59 Å². The van der Waals surface area contributed by atoms with Crippen LogP contribution in [0.5, 0.6) is 0 Å². The predicted molar refractivity (Wildman–Crippen MR) is 109 cm³/mol. The van der Waals surface area contributed by atoms with Crippen molar-refractivity contribution in [2.24, 2.45) is 17.3 Å². The molecule has 1 aromatic carbocycles. The van der Waals surface area contributed by atoms with Gasteiger partial charge in [0, 0.05) is 17.5 Å². The summed E-state index contributed by atoms with van der Waals surface area (Å²) >= 11 is 0. The first kappa shape index (κ1) is 18.3. The topological polar surface area (TPSA) is 83.4 Å². The van der Waals surface area contributed by atoms with E-state index < -0.39 is 5.66 Å². The summed E-state index contributed by atoms with van der Waals surface area (Å²) in [5, 5.41) is 9.98. The summed E-state index contributed by atoms with van der Waals surface area (Å²) in [4.78, 5) is 25.8. The van der Waals surface area contributed by atoms with Crippen LogP contribution in [0, 0.1) is 24.2 Å². The van der Waals surface area contributed by atoms with Gasteiger partial charge in [-0.1, -0.05) is 19.1 Å². The molecule has 3 saturated carbocycles. The molecule has 2 heterocycles. The molecule has 0 radical (unpaired) electrons. The standard InChI is InChI=1S/C23H27N3O3/c1-14-7-8-16(29-14)12-24-21(28)18-11-15-9-10-22(18,2)13-23(15)25-19-6-4-3-5-17(19)20(27)26-23/h3-8,15,18,25H,9-13H2,1-2H3,(H,24,28)(H,26,27). The van der Waals surface area contributed by atoms with E-state index >= 15 is 0 Å². The Balaban J connectivity index is 1.35. The number of anilines is 1. The monoisotopic (exact) mass is 393 g/mol. The number of hydrogen-bond donors (Lipinski definition) is 3. The van der Waals surface area contributed by atoms with Crippen molar-refractivity contribution in [2.45, 2.75) is 51.7 Å². The van der Waals surface area contributed by atoms with Gasteiger partial charge in [-0.05, 0) is 62.3 Å². The van der Waals surface area contributed by atoms with Crippen molar-refractivity contribution in [2.75, 3.05) is 5.32 Å².